The number of halogens is 3. The molecular formula is C12H10F3N3S. The Labute approximate surface area is 111 Å². The van der Waals surface area contributed by atoms with Gasteiger partial charge in [-0.3, -0.25) is 5.32 Å². The molecule has 2 rings (SSSR count). The van der Waals surface area contributed by atoms with Gasteiger partial charge in [-0.1, -0.05) is 17.3 Å². The molecule has 1 aromatic carbocycles. The normalized spacial score (nSPS) is 12.7. The average molecular weight is 285 g/mol. The zero-order valence-corrected chi connectivity index (χ0v) is 10.8. The minimum Gasteiger partial charge on any atom is -0.320 e. The lowest BCUT2D eigenvalue weighted by atomic mass is 10.3. The molecule has 100 valence electrons. The summed E-state index contributed by atoms with van der Waals surface area (Å²) in [6, 6.07) is 4.45. The van der Waals surface area contributed by atoms with E-state index in [9.17, 15) is 13.2 Å². The largest absolute Gasteiger partial charge is 0.482 e. The van der Waals surface area contributed by atoms with Crippen molar-refractivity contribution in [3.63, 3.8) is 0 Å². The van der Waals surface area contributed by atoms with Crippen molar-refractivity contribution in [2.45, 2.75) is 6.30 Å². The van der Waals surface area contributed by atoms with Crippen LogP contribution in [-0.4, -0.2) is 17.4 Å². The van der Waals surface area contributed by atoms with E-state index in [1.807, 2.05) is 0 Å². The highest BCUT2D eigenvalue weighted by molar-refractivity contribution is 7.16. The van der Waals surface area contributed by atoms with Gasteiger partial charge >= 0.3 is 6.30 Å². The third-order valence-electron chi connectivity index (χ3n) is 2.40. The van der Waals surface area contributed by atoms with Crippen LogP contribution in [0.1, 0.15) is 0 Å². The van der Waals surface area contributed by atoms with Gasteiger partial charge in [0.2, 0.25) is 0 Å². The van der Waals surface area contributed by atoms with E-state index >= 15 is 0 Å². The minimum atomic E-state index is -4.44. The zero-order chi connectivity index (χ0) is 14.0. The van der Waals surface area contributed by atoms with Crippen molar-refractivity contribution < 1.29 is 13.2 Å². The first-order chi connectivity index (χ1) is 8.90. The van der Waals surface area contributed by atoms with Crippen molar-refractivity contribution in [1.82, 2.24) is 4.57 Å². The molecule has 7 heteroatoms. The summed E-state index contributed by atoms with van der Waals surface area (Å²) >= 11 is 1.30. The molecular weight excluding hydrogens is 275 g/mol. The summed E-state index contributed by atoms with van der Waals surface area (Å²) in [5.41, 5.74) is 0.818. The Morgan fingerprint density at radius 1 is 1.47 bits per heavy atom. The number of terminal acetylenes is 1. The van der Waals surface area contributed by atoms with Gasteiger partial charge in [0.1, 0.15) is 6.54 Å². The number of thiazole rings is 1. The number of alkyl halides is 3. The average Bonchev–Trinajstić information content (AvgIpc) is 2.61. The number of anilines is 1. The molecule has 0 atom stereocenters. The van der Waals surface area contributed by atoms with E-state index in [-0.39, 0.29) is 12.2 Å². The van der Waals surface area contributed by atoms with Gasteiger partial charge < -0.3 is 4.57 Å². The molecule has 0 saturated carbocycles. The van der Waals surface area contributed by atoms with Crippen molar-refractivity contribution in [2.24, 2.45) is 12.0 Å². The molecule has 0 spiro atoms. The summed E-state index contributed by atoms with van der Waals surface area (Å²) in [6.07, 6.45) is 0.690. The summed E-state index contributed by atoms with van der Waals surface area (Å²) in [5, 5.41) is 1.48. The van der Waals surface area contributed by atoms with Crippen LogP contribution in [0.15, 0.2) is 23.2 Å². The van der Waals surface area contributed by atoms with Crippen LogP contribution < -0.4 is 10.1 Å². The molecule has 0 aliphatic carbocycles. The maximum Gasteiger partial charge on any atom is 0.482 e. The first-order valence-electron chi connectivity index (χ1n) is 5.29. The van der Waals surface area contributed by atoms with E-state index in [2.05, 4.69) is 10.9 Å². The second kappa shape index (κ2) is 4.97. The number of nitrogens with one attached hydrogen (secondary N) is 1. The molecule has 0 saturated heterocycles. The fraction of sp³-hybridized carbons (Fsp3) is 0.250. The molecule has 0 aliphatic rings. The van der Waals surface area contributed by atoms with E-state index in [4.69, 9.17) is 6.42 Å². The molecule has 0 unspecified atom stereocenters. The third kappa shape index (κ3) is 3.09. The van der Waals surface area contributed by atoms with Crippen molar-refractivity contribution in [3.05, 3.63) is 23.0 Å². The van der Waals surface area contributed by atoms with E-state index in [1.165, 1.54) is 28.8 Å². The number of fused-ring (bicyclic) bond motifs is 1. The number of aromatic nitrogens is 1. The molecule has 19 heavy (non-hydrogen) atoms. The van der Waals surface area contributed by atoms with Crippen LogP contribution in [0.2, 0.25) is 0 Å². The zero-order valence-electron chi connectivity index (χ0n) is 9.95. The van der Waals surface area contributed by atoms with Gasteiger partial charge in [0, 0.05) is 12.7 Å². The highest BCUT2D eigenvalue weighted by Gasteiger charge is 2.27. The second-order valence-corrected chi connectivity index (χ2v) is 4.78. The number of aryl methyl sites for hydroxylation is 1. The molecule has 2 aromatic rings. The van der Waals surface area contributed by atoms with Gasteiger partial charge in [-0.25, -0.2) is 4.99 Å². The molecule has 1 aromatic heterocycles. The lowest BCUT2D eigenvalue weighted by Gasteiger charge is -2.09. The second-order valence-electron chi connectivity index (χ2n) is 3.77. The Bertz CT molecular complexity index is 704. The standard InChI is InChI=1S/C12H10F3N3S/c1-3-6-16-11-18(2)9-5-4-8(7-10(9)19-11)17-12(13,14)15/h1,4-5,7,17H,6H2,2H3. The Morgan fingerprint density at radius 2 is 2.21 bits per heavy atom. The lowest BCUT2D eigenvalue weighted by molar-refractivity contribution is -0.0999. The van der Waals surface area contributed by atoms with Crippen LogP contribution >= 0.6 is 11.3 Å². The van der Waals surface area contributed by atoms with Gasteiger partial charge in [0.25, 0.3) is 0 Å². The van der Waals surface area contributed by atoms with Gasteiger partial charge in [0.05, 0.1) is 10.2 Å². The summed E-state index contributed by atoms with van der Waals surface area (Å²) < 4.78 is 39.2. The molecule has 0 fully saturated rings. The summed E-state index contributed by atoms with van der Waals surface area (Å²) in [7, 11) is 1.80. The topological polar surface area (TPSA) is 29.3 Å². The Morgan fingerprint density at radius 3 is 2.84 bits per heavy atom. The Hall–Kier alpha value is -1.94. The predicted octanol–water partition coefficient (Wildman–Crippen LogP) is 2.71. The Balaban J connectivity index is 2.48. The van der Waals surface area contributed by atoms with E-state index in [0.29, 0.717) is 9.50 Å². The minimum absolute atomic E-state index is 0.00495. The molecule has 0 bridgehead atoms. The summed E-state index contributed by atoms with van der Waals surface area (Å²) in [5.74, 6) is 2.40. The van der Waals surface area contributed by atoms with Gasteiger partial charge in [0.15, 0.2) is 4.80 Å². The maximum atomic E-state index is 12.2. The summed E-state index contributed by atoms with van der Waals surface area (Å²) in [6.45, 7) is 0.244. The molecule has 0 amide bonds. The fourth-order valence-electron chi connectivity index (χ4n) is 1.64. The van der Waals surface area contributed by atoms with Crippen LogP contribution in [-0.2, 0) is 7.05 Å². The van der Waals surface area contributed by atoms with Crippen LogP contribution in [0.3, 0.4) is 0 Å². The molecule has 1 N–H and O–H groups in total. The predicted molar refractivity (Wildman–Crippen MR) is 69.7 cm³/mol. The number of hydrogen-bond donors (Lipinski definition) is 1. The lowest BCUT2D eigenvalue weighted by Crippen LogP contribution is -2.20. The molecule has 3 nitrogen and oxygen atoms in total. The van der Waals surface area contributed by atoms with Crippen molar-refractivity contribution >= 4 is 27.2 Å². The number of nitrogens with zero attached hydrogens (tertiary/aromatic N) is 2. The van der Waals surface area contributed by atoms with Crippen LogP contribution in [0.25, 0.3) is 10.2 Å². The molecule has 1 heterocycles. The Kier molecular flexibility index (Phi) is 3.53. The first-order valence-corrected chi connectivity index (χ1v) is 6.11. The SMILES string of the molecule is C#CCN=c1sc2cc(NC(F)(F)F)ccc2n1C. The van der Waals surface area contributed by atoms with Crippen LogP contribution in [0, 0.1) is 12.3 Å². The quantitative estimate of drug-likeness (QED) is 0.667. The fourth-order valence-corrected chi connectivity index (χ4v) is 2.69. The van der Waals surface area contributed by atoms with Crippen molar-refractivity contribution in [3.8, 4) is 12.3 Å². The van der Waals surface area contributed by atoms with Crippen molar-refractivity contribution in [1.29, 1.82) is 0 Å². The highest BCUT2D eigenvalue weighted by atomic mass is 32.1. The van der Waals surface area contributed by atoms with Gasteiger partial charge in [-0.15, -0.1) is 6.42 Å². The first kappa shape index (κ1) is 13.5. The van der Waals surface area contributed by atoms with E-state index in [1.54, 1.807) is 17.7 Å². The van der Waals surface area contributed by atoms with Gasteiger partial charge in [-0.2, -0.15) is 13.2 Å². The smallest absolute Gasteiger partial charge is 0.320 e. The molecule has 0 aliphatic heterocycles. The highest BCUT2D eigenvalue weighted by Crippen LogP contribution is 2.25. The monoisotopic (exact) mass is 285 g/mol. The number of benzene rings is 1. The maximum absolute atomic E-state index is 12.2. The van der Waals surface area contributed by atoms with Crippen LogP contribution in [0.5, 0.6) is 0 Å². The molecule has 0 radical (unpaired) electrons. The summed E-state index contributed by atoms with van der Waals surface area (Å²) in [4.78, 5) is 4.85. The van der Waals surface area contributed by atoms with E-state index < -0.39 is 6.30 Å². The van der Waals surface area contributed by atoms with E-state index in [0.717, 1.165) is 5.52 Å². The number of hydrogen-bond acceptors (Lipinski definition) is 3. The van der Waals surface area contributed by atoms with Crippen LogP contribution in [0.4, 0.5) is 18.9 Å². The number of rotatable bonds is 2. The van der Waals surface area contributed by atoms with Gasteiger partial charge in [-0.05, 0) is 18.2 Å². The third-order valence-corrected chi connectivity index (χ3v) is 3.53. The van der Waals surface area contributed by atoms with Crippen molar-refractivity contribution in [2.75, 3.05) is 11.9 Å².